The van der Waals surface area contributed by atoms with Gasteiger partial charge in [0, 0.05) is 19.3 Å². The molecule has 0 bridgehead atoms. The van der Waals surface area contributed by atoms with Crippen molar-refractivity contribution >= 4 is 10.0 Å². The average molecular weight is 288 g/mol. The first-order chi connectivity index (χ1) is 8.95. The Labute approximate surface area is 115 Å². The smallest absolute Gasteiger partial charge is 0.215 e. The van der Waals surface area contributed by atoms with Crippen LogP contribution in [0.15, 0.2) is 12.4 Å². The van der Waals surface area contributed by atoms with Gasteiger partial charge in [0.05, 0.1) is 18.0 Å². The van der Waals surface area contributed by atoms with E-state index in [1.807, 2.05) is 13.1 Å². The first-order valence-corrected chi connectivity index (χ1v) is 8.18. The molecule has 1 aromatic heterocycles. The highest BCUT2D eigenvalue weighted by Gasteiger charge is 2.19. The minimum absolute atomic E-state index is 0.363. The van der Waals surface area contributed by atoms with Crippen LogP contribution in [0.2, 0.25) is 0 Å². The molecule has 0 radical (unpaired) electrons. The molecule has 0 fully saturated rings. The third-order valence-electron chi connectivity index (χ3n) is 2.79. The fourth-order valence-corrected chi connectivity index (χ4v) is 2.62. The van der Waals surface area contributed by atoms with E-state index in [2.05, 4.69) is 22.1 Å². The van der Waals surface area contributed by atoms with Crippen molar-refractivity contribution in [3.05, 3.63) is 18.0 Å². The third kappa shape index (κ3) is 5.71. The Morgan fingerprint density at radius 1 is 1.42 bits per heavy atom. The lowest BCUT2D eigenvalue weighted by atomic mass is 10.4. The summed E-state index contributed by atoms with van der Waals surface area (Å²) in [5.41, 5.74) is 1.07. The van der Waals surface area contributed by atoms with Crippen molar-refractivity contribution in [3.8, 4) is 0 Å². The number of hydrogen-bond acceptors (Lipinski definition) is 4. The number of aryl methyl sites for hydroxylation is 1. The van der Waals surface area contributed by atoms with Crippen LogP contribution in [0.1, 0.15) is 25.8 Å². The standard InChI is InChI=1S/C12H24N4O2S/c1-4-5-13-9-12(3)19(17,18)15-6-7-16-10-11(2)8-14-16/h8,10,12-13,15H,4-7,9H2,1-3H3. The molecule has 1 rings (SSSR count). The molecule has 0 aliphatic heterocycles. The second kappa shape index (κ2) is 7.62. The van der Waals surface area contributed by atoms with E-state index in [4.69, 9.17) is 0 Å². The van der Waals surface area contributed by atoms with Crippen LogP contribution < -0.4 is 10.0 Å². The Bertz CT molecular complexity index is 470. The number of nitrogens with zero attached hydrogens (tertiary/aromatic N) is 2. The van der Waals surface area contributed by atoms with Crippen LogP contribution in [0.3, 0.4) is 0 Å². The summed E-state index contributed by atoms with van der Waals surface area (Å²) in [6, 6.07) is 0. The van der Waals surface area contributed by atoms with E-state index in [0.29, 0.717) is 19.6 Å². The van der Waals surface area contributed by atoms with Crippen molar-refractivity contribution < 1.29 is 8.42 Å². The highest BCUT2D eigenvalue weighted by atomic mass is 32.2. The molecule has 1 unspecified atom stereocenters. The van der Waals surface area contributed by atoms with Crippen LogP contribution in [0.4, 0.5) is 0 Å². The molecule has 0 aromatic carbocycles. The predicted octanol–water partition coefficient (Wildman–Crippen LogP) is 0.499. The Kier molecular flexibility index (Phi) is 6.47. The molecule has 1 aromatic rings. The van der Waals surface area contributed by atoms with E-state index in [0.717, 1.165) is 18.5 Å². The van der Waals surface area contributed by atoms with Crippen molar-refractivity contribution in [1.82, 2.24) is 19.8 Å². The van der Waals surface area contributed by atoms with Crippen LogP contribution in [0, 0.1) is 6.92 Å². The first-order valence-electron chi connectivity index (χ1n) is 6.64. The molecule has 19 heavy (non-hydrogen) atoms. The quantitative estimate of drug-likeness (QED) is 0.649. The summed E-state index contributed by atoms with van der Waals surface area (Å²) in [4.78, 5) is 0. The maximum Gasteiger partial charge on any atom is 0.215 e. The van der Waals surface area contributed by atoms with Gasteiger partial charge in [-0.1, -0.05) is 6.92 Å². The van der Waals surface area contributed by atoms with Gasteiger partial charge in [-0.05, 0) is 32.4 Å². The van der Waals surface area contributed by atoms with Crippen molar-refractivity contribution in [2.45, 2.75) is 39.0 Å². The minimum atomic E-state index is -3.26. The van der Waals surface area contributed by atoms with Crippen LogP contribution in [0.5, 0.6) is 0 Å². The first kappa shape index (κ1) is 16.1. The summed E-state index contributed by atoms with van der Waals surface area (Å²) < 4.78 is 28.2. The van der Waals surface area contributed by atoms with E-state index >= 15 is 0 Å². The number of rotatable bonds is 9. The fourth-order valence-electron chi connectivity index (χ4n) is 1.63. The number of aromatic nitrogens is 2. The zero-order chi connectivity index (χ0) is 14.3. The zero-order valence-electron chi connectivity index (χ0n) is 11.9. The molecule has 6 nitrogen and oxygen atoms in total. The molecule has 0 saturated carbocycles. The fraction of sp³-hybridized carbons (Fsp3) is 0.750. The van der Waals surface area contributed by atoms with Crippen LogP contribution >= 0.6 is 0 Å². The molecule has 110 valence electrons. The van der Waals surface area contributed by atoms with Crippen LogP contribution in [-0.2, 0) is 16.6 Å². The number of sulfonamides is 1. The summed E-state index contributed by atoms with van der Waals surface area (Å²) in [5.74, 6) is 0. The van der Waals surface area contributed by atoms with Gasteiger partial charge in [0.1, 0.15) is 0 Å². The van der Waals surface area contributed by atoms with Gasteiger partial charge in [-0.25, -0.2) is 13.1 Å². The Morgan fingerprint density at radius 3 is 2.74 bits per heavy atom. The molecular formula is C12H24N4O2S. The molecule has 1 heterocycles. The van der Waals surface area contributed by atoms with Gasteiger partial charge < -0.3 is 5.32 Å². The Balaban J connectivity index is 2.33. The molecule has 0 spiro atoms. The monoisotopic (exact) mass is 288 g/mol. The number of nitrogens with one attached hydrogen (secondary N) is 2. The van der Waals surface area contributed by atoms with Gasteiger partial charge in [-0.2, -0.15) is 5.10 Å². The van der Waals surface area contributed by atoms with Crippen molar-refractivity contribution in [2.75, 3.05) is 19.6 Å². The molecule has 0 aliphatic rings. The molecule has 0 aliphatic carbocycles. The van der Waals surface area contributed by atoms with E-state index in [1.165, 1.54) is 0 Å². The Hall–Kier alpha value is -0.920. The lowest BCUT2D eigenvalue weighted by molar-refractivity contribution is 0.543. The van der Waals surface area contributed by atoms with Crippen molar-refractivity contribution in [3.63, 3.8) is 0 Å². The van der Waals surface area contributed by atoms with Gasteiger partial charge in [-0.3, -0.25) is 4.68 Å². The molecular weight excluding hydrogens is 264 g/mol. The molecule has 0 saturated heterocycles. The topological polar surface area (TPSA) is 76.0 Å². The second-order valence-corrected chi connectivity index (χ2v) is 6.92. The SMILES string of the molecule is CCCNCC(C)S(=O)(=O)NCCn1cc(C)cn1. The Morgan fingerprint density at radius 2 is 2.16 bits per heavy atom. The van der Waals surface area contributed by atoms with Gasteiger partial charge in [0.25, 0.3) is 0 Å². The van der Waals surface area contributed by atoms with Crippen LogP contribution in [-0.4, -0.2) is 43.1 Å². The lowest BCUT2D eigenvalue weighted by Crippen LogP contribution is -2.40. The maximum atomic E-state index is 11.9. The van der Waals surface area contributed by atoms with E-state index in [1.54, 1.807) is 17.8 Å². The van der Waals surface area contributed by atoms with E-state index in [-0.39, 0.29) is 0 Å². The summed E-state index contributed by atoms with van der Waals surface area (Å²) in [5, 5.41) is 6.79. The van der Waals surface area contributed by atoms with Gasteiger partial charge in [0.15, 0.2) is 0 Å². The molecule has 1 atom stereocenters. The normalized spacial score (nSPS) is 13.6. The van der Waals surface area contributed by atoms with Gasteiger partial charge in [-0.15, -0.1) is 0 Å². The molecule has 2 N–H and O–H groups in total. The van der Waals surface area contributed by atoms with Crippen molar-refractivity contribution in [2.24, 2.45) is 0 Å². The van der Waals surface area contributed by atoms with E-state index < -0.39 is 15.3 Å². The summed E-state index contributed by atoms with van der Waals surface area (Å²) in [6.07, 6.45) is 4.64. The zero-order valence-corrected chi connectivity index (χ0v) is 12.7. The minimum Gasteiger partial charge on any atom is -0.315 e. The van der Waals surface area contributed by atoms with Gasteiger partial charge in [0.2, 0.25) is 10.0 Å². The summed E-state index contributed by atoms with van der Waals surface area (Å²) in [6.45, 7) is 7.94. The highest BCUT2D eigenvalue weighted by Crippen LogP contribution is 1.98. The van der Waals surface area contributed by atoms with E-state index in [9.17, 15) is 8.42 Å². The molecule has 0 amide bonds. The summed E-state index contributed by atoms with van der Waals surface area (Å²) >= 11 is 0. The largest absolute Gasteiger partial charge is 0.315 e. The molecule has 7 heteroatoms. The van der Waals surface area contributed by atoms with Gasteiger partial charge >= 0.3 is 0 Å². The predicted molar refractivity (Wildman–Crippen MR) is 76.5 cm³/mol. The van der Waals surface area contributed by atoms with Crippen LogP contribution in [0.25, 0.3) is 0 Å². The number of hydrogen-bond donors (Lipinski definition) is 2. The summed E-state index contributed by atoms with van der Waals surface area (Å²) in [7, 11) is -3.26. The second-order valence-electron chi connectivity index (χ2n) is 4.73. The average Bonchev–Trinajstić information content (AvgIpc) is 2.75. The lowest BCUT2D eigenvalue weighted by Gasteiger charge is -2.14. The highest BCUT2D eigenvalue weighted by molar-refractivity contribution is 7.90. The maximum absolute atomic E-state index is 11.9. The third-order valence-corrected chi connectivity index (χ3v) is 4.63. The van der Waals surface area contributed by atoms with Crippen molar-refractivity contribution in [1.29, 1.82) is 0 Å².